The molecule has 5 nitrogen and oxygen atoms in total. The van der Waals surface area contributed by atoms with Crippen LogP contribution in [0.2, 0.25) is 0 Å². The molecule has 1 aliphatic rings. The van der Waals surface area contributed by atoms with E-state index in [9.17, 15) is 0 Å². The van der Waals surface area contributed by atoms with E-state index in [0.29, 0.717) is 0 Å². The first kappa shape index (κ1) is 10.7. The van der Waals surface area contributed by atoms with Crippen molar-refractivity contribution >= 4 is 5.65 Å². The van der Waals surface area contributed by atoms with Crippen LogP contribution in [0, 0.1) is 0 Å². The minimum absolute atomic E-state index is 0.974. The molecule has 0 atom stereocenters. The normalized spacial score (nSPS) is 17.6. The molecule has 1 saturated heterocycles. The molecule has 2 aromatic heterocycles. The summed E-state index contributed by atoms with van der Waals surface area (Å²) in [5, 5.41) is 3.36. The van der Waals surface area contributed by atoms with Gasteiger partial charge in [0.2, 0.25) is 0 Å². The Bertz CT molecular complexity index is 486. The largest absolute Gasteiger partial charge is 0.314 e. The van der Waals surface area contributed by atoms with Crippen LogP contribution < -0.4 is 5.32 Å². The molecule has 0 amide bonds. The number of rotatable bonds is 3. The number of aromatic nitrogens is 3. The minimum atomic E-state index is 0.974. The van der Waals surface area contributed by atoms with Crippen LogP contribution in [-0.2, 0) is 6.42 Å². The number of hydrogen-bond donors (Lipinski definition) is 1. The van der Waals surface area contributed by atoms with Crippen LogP contribution in [0.4, 0.5) is 0 Å². The first-order valence-corrected chi connectivity index (χ1v) is 6.13. The van der Waals surface area contributed by atoms with Gasteiger partial charge in [0.05, 0.1) is 5.69 Å². The molecule has 0 spiro atoms. The predicted octanol–water partition coefficient (Wildman–Crippen LogP) is 0.177. The van der Waals surface area contributed by atoms with Crippen molar-refractivity contribution in [3.63, 3.8) is 0 Å². The van der Waals surface area contributed by atoms with E-state index in [2.05, 4.69) is 20.2 Å². The van der Waals surface area contributed by atoms with E-state index in [1.807, 2.05) is 29.2 Å². The number of nitrogens with zero attached hydrogens (tertiary/aromatic N) is 4. The lowest BCUT2D eigenvalue weighted by Gasteiger charge is -2.26. The molecule has 1 fully saturated rings. The molecule has 17 heavy (non-hydrogen) atoms. The van der Waals surface area contributed by atoms with Crippen molar-refractivity contribution in [1.82, 2.24) is 24.6 Å². The van der Waals surface area contributed by atoms with Crippen molar-refractivity contribution in [3.8, 4) is 0 Å². The number of piperazine rings is 1. The van der Waals surface area contributed by atoms with Gasteiger partial charge in [0, 0.05) is 63.9 Å². The SMILES string of the molecule is c1cn2ccnc2c(CCN2CCNCC2)n1. The van der Waals surface area contributed by atoms with Gasteiger partial charge in [-0.2, -0.15) is 0 Å². The highest BCUT2D eigenvalue weighted by molar-refractivity contribution is 5.43. The number of fused-ring (bicyclic) bond motifs is 1. The fourth-order valence-corrected chi connectivity index (χ4v) is 2.28. The third-order valence-electron chi connectivity index (χ3n) is 3.26. The van der Waals surface area contributed by atoms with E-state index in [0.717, 1.165) is 50.5 Å². The zero-order valence-corrected chi connectivity index (χ0v) is 9.84. The molecule has 0 saturated carbocycles. The minimum Gasteiger partial charge on any atom is -0.314 e. The lowest BCUT2D eigenvalue weighted by molar-refractivity contribution is 0.243. The van der Waals surface area contributed by atoms with Gasteiger partial charge in [-0.05, 0) is 0 Å². The Hall–Kier alpha value is -1.46. The molecule has 1 N–H and O–H groups in total. The average Bonchev–Trinajstić information content (AvgIpc) is 2.86. The van der Waals surface area contributed by atoms with E-state index in [1.54, 1.807) is 0 Å². The molecule has 0 aliphatic carbocycles. The topological polar surface area (TPSA) is 45.5 Å². The van der Waals surface area contributed by atoms with Crippen LogP contribution >= 0.6 is 0 Å². The Morgan fingerprint density at radius 3 is 2.71 bits per heavy atom. The lowest BCUT2D eigenvalue weighted by Crippen LogP contribution is -2.44. The summed E-state index contributed by atoms with van der Waals surface area (Å²) in [5.41, 5.74) is 2.08. The highest BCUT2D eigenvalue weighted by Gasteiger charge is 2.11. The van der Waals surface area contributed by atoms with Crippen LogP contribution in [0.5, 0.6) is 0 Å². The Morgan fingerprint density at radius 1 is 1.12 bits per heavy atom. The summed E-state index contributed by atoms with van der Waals surface area (Å²) in [6, 6.07) is 0. The van der Waals surface area contributed by atoms with Gasteiger partial charge in [0.15, 0.2) is 5.65 Å². The zero-order valence-electron chi connectivity index (χ0n) is 9.84. The smallest absolute Gasteiger partial charge is 0.158 e. The molecule has 0 unspecified atom stereocenters. The van der Waals surface area contributed by atoms with Crippen molar-refractivity contribution in [2.75, 3.05) is 32.7 Å². The summed E-state index contributed by atoms with van der Waals surface area (Å²) in [4.78, 5) is 11.3. The summed E-state index contributed by atoms with van der Waals surface area (Å²) < 4.78 is 2.03. The highest BCUT2D eigenvalue weighted by atomic mass is 15.2. The summed E-state index contributed by atoms with van der Waals surface area (Å²) in [7, 11) is 0. The van der Waals surface area contributed by atoms with Crippen LogP contribution in [0.1, 0.15) is 5.69 Å². The van der Waals surface area contributed by atoms with E-state index >= 15 is 0 Å². The van der Waals surface area contributed by atoms with Crippen molar-refractivity contribution in [2.24, 2.45) is 0 Å². The van der Waals surface area contributed by atoms with Crippen LogP contribution in [0.15, 0.2) is 24.8 Å². The first-order chi connectivity index (χ1) is 8.43. The maximum atomic E-state index is 4.44. The van der Waals surface area contributed by atoms with Gasteiger partial charge in [-0.25, -0.2) is 4.98 Å². The Balaban J connectivity index is 1.69. The van der Waals surface area contributed by atoms with Crippen molar-refractivity contribution in [2.45, 2.75) is 6.42 Å². The standard InChI is InChI=1S/C12H17N5/c1(6-16-7-2-13-3-8-16)11-12-15-5-10-17(12)9-4-14-11/h4-5,9-10,13H,1-3,6-8H2. The van der Waals surface area contributed by atoms with Gasteiger partial charge in [-0.1, -0.05) is 0 Å². The molecule has 0 aromatic carbocycles. The Labute approximate surface area is 100 Å². The fourth-order valence-electron chi connectivity index (χ4n) is 2.28. The number of nitrogens with one attached hydrogen (secondary N) is 1. The van der Waals surface area contributed by atoms with Gasteiger partial charge in [0.25, 0.3) is 0 Å². The third kappa shape index (κ3) is 2.30. The van der Waals surface area contributed by atoms with Crippen molar-refractivity contribution in [3.05, 3.63) is 30.5 Å². The van der Waals surface area contributed by atoms with Crippen LogP contribution in [0.25, 0.3) is 5.65 Å². The molecule has 5 heteroatoms. The molecular formula is C12H17N5. The number of hydrogen-bond acceptors (Lipinski definition) is 4. The summed E-state index contributed by atoms with van der Waals surface area (Å²) in [6.45, 7) is 5.54. The molecule has 0 bridgehead atoms. The third-order valence-corrected chi connectivity index (χ3v) is 3.26. The second-order valence-electron chi connectivity index (χ2n) is 4.37. The molecule has 0 radical (unpaired) electrons. The second-order valence-corrected chi connectivity index (χ2v) is 4.37. The molecular weight excluding hydrogens is 214 g/mol. The van der Waals surface area contributed by atoms with E-state index < -0.39 is 0 Å². The van der Waals surface area contributed by atoms with E-state index in [-0.39, 0.29) is 0 Å². The molecule has 3 rings (SSSR count). The van der Waals surface area contributed by atoms with Crippen molar-refractivity contribution < 1.29 is 0 Å². The Kier molecular flexibility index (Phi) is 3.02. The summed E-state index contributed by atoms with van der Waals surface area (Å²) >= 11 is 0. The quantitative estimate of drug-likeness (QED) is 0.818. The van der Waals surface area contributed by atoms with Gasteiger partial charge in [-0.3, -0.25) is 4.98 Å². The van der Waals surface area contributed by atoms with Crippen molar-refractivity contribution in [1.29, 1.82) is 0 Å². The van der Waals surface area contributed by atoms with Gasteiger partial charge < -0.3 is 14.6 Å². The maximum Gasteiger partial charge on any atom is 0.158 e. The first-order valence-electron chi connectivity index (χ1n) is 6.13. The van der Waals surface area contributed by atoms with E-state index in [4.69, 9.17) is 0 Å². The van der Waals surface area contributed by atoms with E-state index in [1.165, 1.54) is 0 Å². The van der Waals surface area contributed by atoms with Gasteiger partial charge >= 0.3 is 0 Å². The zero-order chi connectivity index (χ0) is 11.5. The molecule has 2 aromatic rings. The summed E-state index contributed by atoms with van der Waals surface area (Å²) in [6.07, 6.45) is 8.55. The van der Waals surface area contributed by atoms with Crippen LogP contribution in [0.3, 0.4) is 0 Å². The monoisotopic (exact) mass is 231 g/mol. The highest BCUT2D eigenvalue weighted by Crippen LogP contribution is 2.07. The fraction of sp³-hybridized carbons (Fsp3) is 0.500. The Morgan fingerprint density at radius 2 is 1.88 bits per heavy atom. The van der Waals surface area contributed by atoms with Gasteiger partial charge in [-0.15, -0.1) is 0 Å². The average molecular weight is 231 g/mol. The van der Waals surface area contributed by atoms with Gasteiger partial charge in [0.1, 0.15) is 0 Å². The molecule has 1 aliphatic heterocycles. The molecule has 3 heterocycles. The lowest BCUT2D eigenvalue weighted by atomic mass is 10.2. The maximum absolute atomic E-state index is 4.44. The van der Waals surface area contributed by atoms with Crippen LogP contribution in [-0.4, -0.2) is 52.0 Å². The second kappa shape index (κ2) is 4.81. The summed E-state index contributed by atoms with van der Waals surface area (Å²) in [5.74, 6) is 0. The molecule has 90 valence electrons. The predicted molar refractivity (Wildman–Crippen MR) is 66.0 cm³/mol. The number of imidazole rings is 1.